The molecule has 1 aliphatic carbocycles. The lowest BCUT2D eigenvalue weighted by Crippen LogP contribution is -2.20. The van der Waals surface area contributed by atoms with E-state index in [0.29, 0.717) is 32.7 Å². The molecule has 0 bridgehead atoms. The lowest BCUT2D eigenvalue weighted by atomic mass is 9.97. The fourth-order valence-corrected chi connectivity index (χ4v) is 4.48. The molecule has 3 aromatic rings. The highest BCUT2D eigenvalue weighted by Crippen LogP contribution is 2.36. The molecule has 0 radical (unpaired) electrons. The quantitative estimate of drug-likeness (QED) is 0.553. The summed E-state index contributed by atoms with van der Waals surface area (Å²) in [5.74, 6) is -1.00. The van der Waals surface area contributed by atoms with Gasteiger partial charge in [0.1, 0.15) is 11.9 Å². The molecule has 1 fully saturated rings. The van der Waals surface area contributed by atoms with E-state index in [4.69, 9.17) is 16.3 Å². The van der Waals surface area contributed by atoms with Crippen LogP contribution in [-0.4, -0.2) is 27.7 Å². The molecule has 30 heavy (non-hydrogen) atoms. The minimum Gasteiger partial charge on any atom is -0.508 e. The molecule has 1 atom stereocenters. The Morgan fingerprint density at radius 2 is 1.80 bits per heavy atom. The molecular weight excluding hydrogens is 402 g/mol. The van der Waals surface area contributed by atoms with E-state index in [0.717, 1.165) is 25.7 Å². The maximum atomic E-state index is 13.3. The first-order valence-electron chi connectivity index (χ1n) is 10.2. The van der Waals surface area contributed by atoms with Crippen LogP contribution in [0.2, 0.25) is 5.02 Å². The number of phenols is 1. The minimum absolute atomic E-state index is 0.0299. The molecule has 2 aromatic carbocycles. The van der Waals surface area contributed by atoms with Crippen molar-refractivity contribution in [2.75, 3.05) is 0 Å². The van der Waals surface area contributed by atoms with Crippen molar-refractivity contribution in [1.82, 2.24) is 4.57 Å². The molecule has 1 N–H and O–H groups in total. The number of phenolic OH excluding ortho intramolecular Hbond substituents is 1. The van der Waals surface area contributed by atoms with Gasteiger partial charge in [0.15, 0.2) is 0 Å². The van der Waals surface area contributed by atoms with Crippen LogP contribution in [0.15, 0.2) is 42.5 Å². The van der Waals surface area contributed by atoms with Crippen LogP contribution in [0.3, 0.4) is 0 Å². The highest BCUT2D eigenvalue weighted by Gasteiger charge is 2.29. The van der Waals surface area contributed by atoms with Gasteiger partial charge in [-0.05, 0) is 87.6 Å². The summed E-state index contributed by atoms with van der Waals surface area (Å²) in [7, 11) is 0. The molecule has 0 unspecified atom stereocenters. The molecule has 1 aliphatic rings. The number of aromatic nitrogens is 1. The Hall–Kier alpha value is -2.79. The average molecular weight is 426 g/mol. The zero-order valence-electron chi connectivity index (χ0n) is 17.0. The lowest BCUT2D eigenvalue weighted by Gasteiger charge is -2.17. The molecule has 0 amide bonds. The Balaban J connectivity index is 1.79. The number of aromatic hydroxyl groups is 1. The number of hydrogen-bond acceptors (Lipinski definition) is 4. The monoisotopic (exact) mass is 425 g/mol. The van der Waals surface area contributed by atoms with Crippen LogP contribution >= 0.6 is 11.6 Å². The van der Waals surface area contributed by atoms with Gasteiger partial charge >= 0.3 is 5.97 Å². The maximum absolute atomic E-state index is 13.3. The van der Waals surface area contributed by atoms with Crippen LogP contribution in [0.1, 0.15) is 60.1 Å². The number of hydrogen-bond donors (Lipinski definition) is 1. The van der Waals surface area contributed by atoms with Gasteiger partial charge < -0.3 is 9.84 Å². The molecule has 0 aliphatic heterocycles. The molecule has 1 heterocycles. The van der Waals surface area contributed by atoms with Crippen molar-refractivity contribution >= 4 is 34.4 Å². The third kappa shape index (κ3) is 3.70. The minimum atomic E-state index is -0.561. The van der Waals surface area contributed by atoms with Crippen LogP contribution in [0.5, 0.6) is 5.75 Å². The van der Waals surface area contributed by atoms with Crippen molar-refractivity contribution in [2.45, 2.75) is 51.6 Å². The largest absolute Gasteiger partial charge is 0.508 e. The first-order chi connectivity index (χ1) is 14.4. The summed E-state index contributed by atoms with van der Waals surface area (Å²) in [6, 6.07) is 11.5. The van der Waals surface area contributed by atoms with Crippen molar-refractivity contribution < 1.29 is 19.4 Å². The standard InChI is InChI=1S/C24H24ClNO4/c1-14(24(29)30-19-5-3-4-6-19)22-15(2)26(21-12-11-18(27)13-20(21)22)23(28)16-7-9-17(25)10-8-16/h7-14,19,27H,3-6H2,1-2H3/t14-/m1/s1. The van der Waals surface area contributed by atoms with E-state index < -0.39 is 5.92 Å². The number of benzene rings is 2. The fourth-order valence-electron chi connectivity index (χ4n) is 4.35. The van der Waals surface area contributed by atoms with Crippen molar-refractivity contribution in [2.24, 2.45) is 0 Å². The Morgan fingerprint density at radius 3 is 2.47 bits per heavy atom. The number of carbonyl (C=O) groups excluding carboxylic acids is 2. The Bertz CT molecular complexity index is 1110. The topological polar surface area (TPSA) is 68.5 Å². The summed E-state index contributed by atoms with van der Waals surface area (Å²) >= 11 is 5.96. The molecule has 6 heteroatoms. The van der Waals surface area contributed by atoms with E-state index in [1.54, 1.807) is 54.0 Å². The summed E-state index contributed by atoms with van der Waals surface area (Å²) < 4.78 is 7.31. The van der Waals surface area contributed by atoms with Gasteiger partial charge in [0, 0.05) is 21.7 Å². The summed E-state index contributed by atoms with van der Waals surface area (Å²) in [5.41, 5.74) is 2.48. The number of rotatable bonds is 4. The molecular formula is C24H24ClNO4. The second-order valence-corrected chi connectivity index (χ2v) is 8.35. The fraction of sp³-hybridized carbons (Fsp3) is 0.333. The lowest BCUT2D eigenvalue weighted by molar-refractivity contribution is -0.150. The van der Waals surface area contributed by atoms with Gasteiger partial charge in [-0.2, -0.15) is 0 Å². The van der Waals surface area contributed by atoms with E-state index in [1.165, 1.54) is 0 Å². The molecule has 156 valence electrons. The van der Waals surface area contributed by atoms with Gasteiger partial charge in [0.2, 0.25) is 0 Å². The van der Waals surface area contributed by atoms with Gasteiger partial charge in [-0.1, -0.05) is 11.6 Å². The molecule has 5 nitrogen and oxygen atoms in total. The van der Waals surface area contributed by atoms with E-state index in [1.807, 2.05) is 6.92 Å². The smallest absolute Gasteiger partial charge is 0.313 e. The van der Waals surface area contributed by atoms with E-state index in [2.05, 4.69) is 0 Å². The first-order valence-corrected chi connectivity index (χ1v) is 10.6. The number of ether oxygens (including phenoxy) is 1. The number of nitrogens with zero attached hydrogens (tertiary/aromatic N) is 1. The van der Waals surface area contributed by atoms with Crippen LogP contribution in [0.4, 0.5) is 0 Å². The zero-order valence-corrected chi connectivity index (χ0v) is 17.8. The van der Waals surface area contributed by atoms with Crippen molar-refractivity contribution in [3.8, 4) is 5.75 Å². The predicted octanol–water partition coefficient (Wildman–Crippen LogP) is 5.59. The second kappa shape index (κ2) is 8.15. The number of carbonyl (C=O) groups is 2. The summed E-state index contributed by atoms with van der Waals surface area (Å²) in [6.45, 7) is 3.61. The van der Waals surface area contributed by atoms with Crippen molar-refractivity contribution in [3.05, 3.63) is 64.3 Å². The van der Waals surface area contributed by atoms with E-state index >= 15 is 0 Å². The zero-order chi connectivity index (χ0) is 21.4. The van der Waals surface area contributed by atoms with Crippen LogP contribution < -0.4 is 0 Å². The van der Waals surface area contributed by atoms with Crippen LogP contribution in [-0.2, 0) is 9.53 Å². The third-order valence-corrected chi connectivity index (χ3v) is 6.15. The van der Waals surface area contributed by atoms with Crippen LogP contribution in [0, 0.1) is 6.92 Å². The SMILES string of the molecule is Cc1c([C@@H](C)C(=O)OC2CCCC2)c2cc(O)ccc2n1C(=O)c1ccc(Cl)cc1. The van der Waals surface area contributed by atoms with Gasteiger partial charge in [-0.15, -0.1) is 0 Å². The first kappa shape index (κ1) is 20.5. The normalized spacial score (nSPS) is 15.4. The molecule has 1 aromatic heterocycles. The van der Waals surface area contributed by atoms with Crippen LogP contribution in [0.25, 0.3) is 10.9 Å². The van der Waals surface area contributed by atoms with Gasteiger partial charge in [-0.25, -0.2) is 0 Å². The van der Waals surface area contributed by atoms with E-state index in [9.17, 15) is 14.7 Å². The Labute approximate surface area is 180 Å². The number of esters is 1. The average Bonchev–Trinajstić information content (AvgIpc) is 3.32. The summed E-state index contributed by atoms with van der Waals surface area (Å²) in [4.78, 5) is 26.2. The van der Waals surface area contributed by atoms with Gasteiger partial charge in [0.25, 0.3) is 5.91 Å². The summed E-state index contributed by atoms with van der Waals surface area (Å²) in [5, 5.41) is 11.3. The Kier molecular flexibility index (Phi) is 5.56. The number of halogens is 1. The second-order valence-electron chi connectivity index (χ2n) is 7.91. The van der Waals surface area contributed by atoms with E-state index in [-0.39, 0.29) is 23.7 Å². The van der Waals surface area contributed by atoms with Gasteiger partial charge in [0.05, 0.1) is 11.4 Å². The molecule has 1 saturated carbocycles. The molecule has 4 rings (SSSR count). The molecule has 0 spiro atoms. The third-order valence-electron chi connectivity index (χ3n) is 5.90. The summed E-state index contributed by atoms with van der Waals surface area (Å²) in [6.07, 6.45) is 3.92. The highest BCUT2D eigenvalue weighted by molar-refractivity contribution is 6.30. The molecule has 0 saturated heterocycles. The van der Waals surface area contributed by atoms with Crippen molar-refractivity contribution in [1.29, 1.82) is 0 Å². The Morgan fingerprint density at radius 1 is 1.13 bits per heavy atom. The number of fused-ring (bicyclic) bond motifs is 1. The highest BCUT2D eigenvalue weighted by atomic mass is 35.5. The van der Waals surface area contributed by atoms with Crippen molar-refractivity contribution in [3.63, 3.8) is 0 Å². The van der Waals surface area contributed by atoms with Gasteiger partial charge in [-0.3, -0.25) is 14.2 Å². The predicted molar refractivity (Wildman–Crippen MR) is 116 cm³/mol. The maximum Gasteiger partial charge on any atom is 0.313 e.